The van der Waals surface area contributed by atoms with E-state index >= 15 is 0 Å². The van der Waals surface area contributed by atoms with Crippen LogP contribution in [0.3, 0.4) is 0 Å². The summed E-state index contributed by atoms with van der Waals surface area (Å²) in [7, 11) is 1.34. The molecule has 4 N–H and O–H groups in total. The van der Waals surface area contributed by atoms with Gasteiger partial charge in [0.15, 0.2) is 5.82 Å². The Hall–Kier alpha value is -2.23. The van der Waals surface area contributed by atoms with Crippen molar-refractivity contribution in [3.63, 3.8) is 0 Å². The number of carbonyl (C=O) groups excluding carboxylic acids is 1. The number of ether oxygens (including phenoxy) is 2. The van der Waals surface area contributed by atoms with Crippen LogP contribution >= 0.6 is 11.9 Å². The Labute approximate surface area is 169 Å². The van der Waals surface area contributed by atoms with Crippen LogP contribution in [0.2, 0.25) is 0 Å². The van der Waals surface area contributed by atoms with Gasteiger partial charge in [-0.25, -0.2) is 4.79 Å². The minimum atomic E-state index is -0.375. The maximum atomic E-state index is 10.3. The van der Waals surface area contributed by atoms with Crippen molar-refractivity contribution in [2.45, 2.75) is 50.3 Å². The number of aromatic nitrogens is 2. The summed E-state index contributed by atoms with van der Waals surface area (Å²) in [5.41, 5.74) is 3.46. The number of nitrogens with zero attached hydrogens (tertiary/aromatic N) is 1. The molecule has 1 unspecified atom stereocenters. The zero-order valence-electron chi connectivity index (χ0n) is 16.4. The number of hydrogen-bond acceptors (Lipinski definition) is 7. The van der Waals surface area contributed by atoms with E-state index in [0.29, 0.717) is 0 Å². The molecule has 4 rings (SSSR count). The lowest BCUT2D eigenvalue weighted by atomic mass is 10.2. The molecular weight excluding hydrogens is 378 g/mol. The number of nitrogens with one attached hydrogen (secondary N) is 4. The van der Waals surface area contributed by atoms with Gasteiger partial charge in [-0.05, 0) is 62.4 Å². The van der Waals surface area contributed by atoms with Gasteiger partial charge in [-0.15, -0.1) is 0 Å². The number of fused-ring (bicyclic) bond motifs is 1. The molecule has 28 heavy (non-hydrogen) atoms. The molecule has 2 aliphatic heterocycles. The van der Waals surface area contributed by atoms with Crippen LogP contribution < -0.4 is 15.4 Å². The molecule has 1 aromatic heterocycles. The third kappa shape index (κ3) is 5.63. The molecule has 1 aromatic carbocycles. The Morgan fingerprint density at radius 1 is 1.39 bits per heavy atom. The zero-order chi connectivity index (χ0) is 19.9. The van der Waals surface area contributed by atoms with E-state index in [4.69, 9.17) is 4.74 Å². The average molecular weight is 406 g/mol. The molecule has 2 aromatic rings. The van der Waals surface area contributed by atoms with Gasteiger partial charge in [-0.1, -0.05) is 0 Å². The van der Waals surface area contributed by atoms with Gasteiger partial charge in [-0.3, -0.25) is 9.82 Å². The highest BCUT2D eigenvalue weighted by Crippen LogP contribution is 2.31. The third-order valence-electron chi connectivity index (χ3n) is 4.24. The van der Waals surface area contributed by atoms with Crippen molar-refractivity contribution in [3.8, 4) is 0 Å². The van der Waals surface area contributed by atoms with Gasteiger partial charge in [-0.2, -0.15) is 5.10 Å². The molecule has 3 heterocycles. The summed E-state index contributed by atoms with van der Waals surface area (Å²) < 4.78 is 13.2. The molecule has 0 spiro atoms. The smallest absolute Gasteiger partial charge is 0.407 e. The van der Waals surface area contributed by atoms with Crippen LogP contribution in [0.15, 0.2) is 29.2 Å². The fourth-order valence-corrected chi connectivity index (χ4v) is 3.70. The van der Waals surface area contributed by atoms with Gasteiger partial charge in [0.2, 0.25) is 0 Å². The van der Waals surface area contributed by atoms with E-state index in [-0.39, 0.29) is 18.2 Å². The predicted octanol–water partition coefficient (Wildman–Crippen LogP) is 3.87. The van der Waals surface area contributed by atoms with Crippen LogP contribution in [0.5, 0.6) is 0 Å². The standard InChI is InChI=1S/C14H16N4OS.C5H11NO2/c1-2-12(19-5-1)11-7-14(18-17-11)16-10-3-4-13-9(6-10)8-15-20-13;1-4(2)6-5(7)8-3/h3-4,6-7,12,15H,1-2,5,8H2,(H2,16,17,18);4H,1-3H3,(H,6,7). The molecule has 0 radical (unpaired) electrons. The third-order valence-corrected chi connectivity index (χ3v) is 5.15. The molecule has 1 amide bonds. The maximum absolute atomic E-state index is 10.3. The Balaban J connectivity index is 0.000000242. The van der Waals surface area contributed by atoms with E-state index in [2.05, 4.69) is 48.5 Å². The van der Waals surface area contributed by atoms with Crippen molar-refractivity contribution in [1.29, 1.82) is 0 Å². The van der Waals surface area contributed by atoms with Crippen molar-refractivity contribution in [3.05, 3.63) is 35.5 Å². The molecule has 0 bridgehead atoms. The molecule has 8 nitrogen and oxygen atoms in total. The Morgan fingerprint density at radius 3 is 2.93 bits per heavy atom. The Morgan fingerprint density at radius 2 is 2.25 bits per heavy atom. The fourth-order valence-electron chi connectivity index (χ4n) is 2.92. The molecule has 152 valence electrons. The van der Waals surface area contributed by atoms with Crippen LogP contribution in [0.1, 0.15) is 44.1 Å². The minimum absolute atomic E-state index is 0.155. The normalized spacial score (nSPS) is 17.6. The van der Waals surface area contributed by atoms with Crippen molar-refractivity contribution >= 4 is 29.5 Å². The van der Waals surface area contributed by atoms with Crippen LogP contribution in [0, 0.1) is 0 Å². The van der Waals surface area contributed by atoms with Crippen LogP contribution in [-0.2, 0) is 16.0 Å². The number of H-pyrrole nitrogens is 1. The fraction of sp³-hybridized carbons (Fsp3) is 0.474. The number of alkyl carbamates (subject to hydrolysis) is 1. The molecule has 1 atom stereocenters. The van der Waals surface area contributed by atoms with E-state index in [9.17, 15) is 4.79 Å². The first-order valence-corrected chi connectivity index (χ1v) is 10.2. The van der Waals surface area contributed by atoms with Gasteiger partial charge >= 0.3 is 6.09 Å². The summed E-state index contributed by atoms with van der Waals surface area (Å²) in [6.45, 7) is 5.51. The molecule has 0 saturated carbocycles. The summed E-state index contributed by atoms with van der Waals surface area (Å²) in [5.74, 6) is 0.842. The number of methoxy groups -OCH3 is 1. The minimum Gasteiger partial charge on any atom is -0.453 e. The number of carbonyl (C=O) groups is 1. The first kappa shape index (κ1) is 20.5. The SMILES string of the molecule is COC(=O)NC(C)C.c1cc2c(cc1Nc1cc(C3CCCO3)[nH]n1)CNS2. The van der Waals surface area contributed by atoms with E-state index in [1.165, 1.54) is 17.6 Å². The lowest BCUT2D eigenvalue weighted by Crippen LogP contribution is -2.29. The number of rotatable bonds is 4. The van der Waals surface area contributed by atoms with Crippen molar-refractivity contribution in [2.75, 3.05) is 19.0 Å². The number of amides is 1. The predicted molar refractivity (Wildman–Crippen MR) is 110 cm³/mol. The van der Waals surface area contributed by atoms with E-state index < -0.39 is 0 Å². The lowest BCUT2D eigenvalue weighted by molar-refractivity contribution is 0.108. The summed E-state index contributed by atoms with van der Waals surface area (Å²) in [6, 6.07) is 8.58. The van der Waals surface area contributed by atoms with E-state index in [1.807, 2.05) is 19.9 Å². The van der Waals surface area contributed by atoms with Gasteiger partial charge < -0.3 is 20.1 Å². The van der Waals surface area contributed by atoms with Gasteiger partial charge in [0, 0.05) is 35.8 Å². The van der Waals surface area contributed by atoms with E-state index in [0.717, 1.165) is 43.2 Å². The first-order valence-electron chi connectivity index (χ1n) is 9.36. The molecule has 2 aliphatic rings. The number of benzene rings is 1. The van der Waals surface area contributed by atoms with Gasteiger partial charge in [0.25, 0.3) is 0 Å². The number of hydrogen-bond donors (Lipinski definition) is 4. The quantitative estimate of drug-likeness (QED) is 0.573. The largest absolute Gasteiger partial charge is 0.453 e. The number of anilines is 2. The summed E-state index contributed by atoms with van der Waals surface area (Å²) in [4.78, 5) is 11.6. The monoisotopic (exact) mass is 405 g/mol. The highest BCUT2D eigenvalue weighted by Gasteiger charge is 2.20. The number of aromatic amines is 1. The Kier molecular flexibility index (Phi) is 7.18. The summed E-state index contributed by atoms with van der Waals surface area (Å²) in [5, 5.41) is 13.3. The van der Waals surface area contributed by atoms with Gasteiger partial charge in [0.1, 0.15) is 0 Å². The van der Waals surface area contributed by atoms with Crippen LogP contribution in [0.4, 0.5) is 16.3 Å². The second kappa shape index (κ2) is 9.81. The second-order valence-corrected chi connectivity index (χ2v) is 7.80. The van der Waals surface area contributed by atoms with Crippen LogP contribution in [0.25, 0.3) is 0 Å². The van der Waals surface area contributed by atoms with E-state index in [1.54, 1.807) is 11.9 Å². The van der Waals surface area contributed by atoms with Crippen molar-refractivity contribution in [2.24, 2.45) is 0 Å². The highest BCUT2D eigenvalue weighted by atomic mass is 32.2. The average Bonchev–Trinajstić information content (AvgIpc) is 3.42. The van der Waals surface area contributed by atoms with Crippen molar-refractivity contribution in [1.82, 2.24) is 20.2 Å². The molecule has 1 fully saturated rings. The molecule has 0 aliphatic carbocycles. The summed E-state index contributed by atoms with van der Waals surface area (Å²) >= 11 is 1.69. The summed E-state index contributed by atoms with van der Waals surface area (Å²) in [6.07, 6.45) is 2.00. The lowest BCUT2D eigenvalue weighted by Gasteiger charge is -2.05. The molecular formula is C19H27N5O3S. The van der Waals surface area contributed by atoms with Crippen molar-refractivity contribution < 1.29 is 14.3 Å². The van der Waals surface area contributed by atoms with Gasteiger partial charge in [0.05, 0.1) is 18.9 Å². The Bertz CT molecular complexity index is 790. The zero-order valence-corrected chi connectivity index (χ0v) is 17.2. The second-order valence-electron chi connectivity index (χ2n) is 6.87. The van der Waals surface area contributed by atoms with Crippen LogP contribution in [-0.4, -0.2) is 36.0 Å². The molecule has 1 saturated heterocycles. The first-order chi connectivity index (χ1) is 13.5. The topological polar surface area (TPSA) is 100 Å². The maximum Gasteiger partial charge on any atom is 0.407 e. The molecule has 9 heteroatoms. The highest BCUT2D eigenvalue weighted by molar-refractivity contribution is 7.97.